The second kappa shape index (κ2) is 6.26. The standard InChI is InChI=1S/C12H19FN2O2S/c1-3-8-15(4-2)18(16,17)12-7-5-6-11(13)10(12)9-14/h5-7H,3-4,8-9,14H2,1-2H3. The van der Waals surface area contributed by atoms with Gasteiger partial charge in [-0.3, -0.25) is 0 Å². The molecule has 1 aromatic carbocycles. The topological polar surface area (TPSA) is 63.4 Å². The first-order valence-electron chi connectivity index (χ1n) is 5.96. The first kappa shape index (κ1) is 15.1. The zero-order chi connectivity index (χ0) is 13.8. The van der Waals surface area contributed by atoms with Gasteiger partial charge in [0, 0.05) is 25.2 Å². The molecule has 0 atom stereocenters. The number of rotatable bonds is 6. The number of halogens is 1. The quantitative estimate of drug-likeness (QED) is 0.859. The minimum absolute atomic E-state index is 0.0275. The fourth-order valence-electron chi connectivity index (χ4n) is 1.82. The number of nitrogens with zero attached hydrogens (tertiary/aromatic N) is 1. The zero-order valence-electron chi connectivity index (χ0n) is 10.7. The fraction of sp³-hybridized carbons (Fsp3) is 0.500. The van der Waals surface area contributed by atoms with Gasteiger partial charge in [-0.1, -0.05) is 19.9 Å². The van der Waals surface area contributed by atoms with E-state index < -0.39 is 15.8 Å². The number of hydrogen-bond donors (Lipinski definition) is 1. The van der Waals surface area contributed by atoms with Crippen molar-refractivity contribution < 1.29 is 12.8 Å². The molecule has 1 aromatic rings. The molecule has 0 saturated carbocycles. The van der Waals surface area contributed by atoms with Crippen molar-refractivity contribution in [1.82, 2.24) is 4.31 Å². The van der Waals surface area contributed by atoms with E-state index in [1.54, 1.807) is 6.92 Å². The Morgan fingerprint density at radius 1 is 1.33 bits per heavy atom. The zero-order valence-corrected chi connectivity index (χ0v) is 11.5. The molecule has 0 saturated heterocycles. The molecule has 0 aliphatic carbocycles. The first-order chi connectivity index (χ1) is 8.48. The monoisotopic (exact) mass is 274 g/mol. The molecule has 0 aromatic heterocycles. The molecule has 18 heavy (non-hydrogen) atoms. The second-order valence-corrected chi connectivity index (χ2v) is 5.82. The maximum atomic E-state index is 13.6. The Bertz CT molecular complexity index is 503. The molecule has 0 aliphatic heterocycles. The van der Waals surface area contributed by atoms with Gasteiger partial charge in [-0.15, -0.1) is 0 Å². The predicted octanol–water partition coefficient (Wildman–Crippen LogP) is 1.71. The summed E-state index contributed by atoms with van der Waals surface area (Å²) in [5.41, 5.74) is 5.49. The summed E-state index contributed by atoms with van der Waals surface area (Å²) in [5, 5.41) is 0. The lowest BCUT2D eigenvalue weighted by molar-refractivity contribution is 0.425. The van der Waals surface area contributed by atoms with Crippen LogP contribution in [0.3, 0.4) is 0 Å². The van der Waals surface area contributed by atoms with E-state index in [4.69, 9.17) is 5.73 Å². The van der Waals surface area contributed by atoms with Gasteiger partial charge in [-0.25, -0.2) is 12.8 Å². The Hall–Kier alpha value is -0.980. The van der Waals surface area contributed by atoms with E-state index in [1.165, 1.54) is 22.5 Å². The lowest BCUT2D eigenvalue weighted by Gasteiger charge is -2.21. The van der Waals surface area contributed by atoms with Crippen molar-refractivity contribution in [2.45, 2.75) is 31.7 Å². The maximum absolute atomic E-state index is 13.6. The summed E-state index contributed by atoms with van der Waals surface area (Å²) in [4.78, 5) is -0.0275. The van der Waals surface area contributed by atoms with Crippen LogP contribution in [0.1, 0.15) is 25.8 Å². The van der Waals surface area contributed by atoms with Crippen LogP contribution in [0.2, 0.25) is 0 Å². The summed E-state index contributed by atoms with van der Waals surface area (Å²) in [6.07, 6.45) is 0.709. The molecule has 0 unspecified atom stereocenters. The number of nitrogens with two attached hydrogens (primary N) is 1. The molecule has 2 N–H and O–H groups in total. The number of sulfonamides is 1. The summed E-state index contributed by atoms with van der Waals surface area (Å²) in [5.74, 6) is -0.578. The lowest BCUT2D eigenvalue weighted by atomic mass is 10.2. The summed E-state index contributed by atoms with van der Waals surface area (Å²) >= 11 is 0. The third kappa shape index (κ3) is 2.88. The largest absolute Gasteiger partial charge is 0.326 e. The minimum Gasteiger partial charge on any atom is -0.326 e. The summed E-state index contributed by atoms with van der Waals surface area (Å²) < 4.78 is 39.7. The third-order valence-electron chi connectivity index (χ3n) is 2.72. The lowest BCUT2D eigenvalue weighted by Crippen LogP contribution is -2.32. The van der Waals surface area contributed by atoms with Crippen molar-refractivity contribution in [3.05, 3.63) is 29.6 Å². The molecule has 0 heterocycles. The third-order valence-corrected chi connectivity index (χ3v) is 4.78. The highest BCUT2D eigenvalue weighted by molar-refractivity contribution is 7.89. The maximum Gasteiger partial charge on any atom is 0.243 e. The molecule has 102 valence electrons. The molecule has 0 spiro atoms. The fourth-order valence-corrected chi connectivity index (χ4v) is 3.60. The summed E-state index contributed by atoms with van der Waals surface area (Å²) in [6, 6.07) is 4.01. The van der Waals surface area contributed by atoms with Crippen LogP contribution < -0.4 is 5.73 Å². The van der Waals surface area contributed by atoms with Gasteiger partial charge in [0.2, 0.25) is 10.0 Å². The van der Waals surface area contributed by atoms with Gasteiger partial charge in [0.15, 0.2) is 0 Å². The molecular formula is C12H19FN2O2S. The molecule has 0 bridgehead atoms. The van der Waals surface area contributed by atoms with Crippen LogP contribution in [0.5, 0.6) is 0 Å². The average molecular weight is 274 g/mol. The van der Waals surface area contributed by atoms with Crippen LogP contribution in [-0.4, -0.2) is 25.8 Å². The van der Waals surface area contributed by atoms with E-state index in [9.17, 15) is 12.8 Å². The SMILES string of the molecule is CCCN(CC)S(=O)(=O)c1cccc(F)c1CN. The second-order valence-electron chi connectivity index (χ2n) is 3.92. The van der Waals surface area contributed by atoms with Gasteiger partial charge in [0.1, 0.15) is 5.82 Å². The molecule has 0 fully saturated rings. The Labute approximate surface area is 108 Å². The Morgan fingerprint density at radius 3 is 2.50 bits per heavy atom. The van der Waals surface area contributed by atoms with E-state index >= 15 is 0 Å². The molecule has 0 radical (unpaired) electrons. The summed E-state index contributed by atoms with van der Waals surface area (Å²) in [7, 11) is -3.67. The van der Waals surface area contributed by atoms with Crippen molar-refractivity contribution in [3.63, 3.8) is 0 Å². The Morgan fingerprint density at radius 2 is 2.00 bits per heavy atom. The van der Waals surface area contributed by atoms with E-state index in [-0.39, 0.29) is 17.0 Å². The van der Waals surface area contributed by atoms with Crippen molar-refractivity contribution >= 4 is 10.0 Å². The molecule has 1 rings (SSSR count). The molecule has 4 nitrogen and oxygen atoms in total. The molecule has 0 amide bonds. The van der Waals surface area contributed by atoms with E-state index in [0.29, 0.717) is 19.5 Å². The van der Waals surface area contributed by atoms with Gasteiger partial charge in [-0.05, 0) is 18.6 Å². The van der Waals surface area contributed by atoms with Gasteiger partial charge in [-0.2, -0.15) is 4.31 Å². The Kier molecular flexibility index (Phi) is 5.25. The van der Waals surface area contributed by atoms with Gasteiger partial charge in [0.05, 0.1) is 4.90 Å². The van der Waals surface area contributed by atoms with Gasteiger partial charge >= 0.3 is 0 Å². The number of benzene rings is 1. The minimum atomic E-state index is -3.67. The summed E-state index contributed by atoms with van der Waals surface area (Å²) in [6.45, 7) is 4.29. The smallest absolute Gasteiger partial charge is 0.243 e. The van der Waals surface area contributed by atoms with Crippen molar-refractivity contribution in [2.24, 2.45) is 5.73 Å². The predicted molar refractivity (Wildman–Crippen MR) is 69.0 cm³/mol. The van der Waals surface area contributed by atoms with Gasteiger partial charge in [0.25, 0.3) is 0 Å². The van der Waals surface area contributed by atoms with Crippen LogP contribution in [0.4, 0.5) is 4.39 Å². The van der Waals surface area contributed by atoms with E-state index in [1.807, 2.05) is 6.92 Å². The van der Waals surface area contributed by atoms with Crippen LogP contribution in [-0.2, 0) is 16.6 Å². The first-order valence-corrected chi connectivity index (χ1v) is 7.40. The van der Waals surface area contributed by atoms with Crippen LogP contribution in [0, 0.1) is 5.82 Å². The van der Waals surface area contributed by atoms with Gasteiger partial charge < -0.3 is 5.73 Å². The van der Waals surface area contributed by atoms with Crippen molar-refractivity contribution in [2.75, 3.05) is 13.1 Å². The highest BCUT2D eigenvalue weighted by Crippen LogP contribution is 2.22. The number of hydrogen-bond acceptors (Lipinski definition) is 3. The average Bonchev–Trinajstić information content (AvgIpc) is 2.35. The van der Waals surface area contributed by atoms with Crippen molar-refractivity contribution in [1.29, 1.82) is 0 Å². The Balaban J connectivity index is 3.31. The highest BCUT2D eigenvalue weighted by Gasteiger charge is 2.26. The van der Waals surface area contributed by atoms with Crippen LogP contribution >= 0.6 is 0 Å². The molecule has 0 aliphatic rings. The highest BCUT2D eigenvalue weighted by atomic mass is 32.2. The van der Waals surface area contributed by atoms with Crippen LogP contribution in [0.15, 0.2) is 23.1 Å². The molecule has 6 heteroatoms. The van der Waals surface area contributed by atoms with Crippen molar-refractivity contribution in [3.8, 4) is 0 Å². The van der Waals surface area contributed by atoms with E-state index in [2.05, 4.69) is 0 Å². The van der Waals surface area contributed by atoms with Crippen LogP contribution in [0.25, 0.3) is 0 Å². The van der Waals surface area contributed by atoms with E-state index in [0.717, 1.165) is 0 Å². The molecular weight excluding hydrogens is 255 g/mol. The normalized spacial score (nSPS) is 12.1.